The number of pyridine rings is 3. The van der Waals surface area contributed by atoms with Crippen LogP contribution in [0.2, 0.25) is 0 Å². The Bertz CT molecular complexity index is 1400. The molecule has 1 N–H and O–H groups in total. The van der Waals surface area contributed by atoms with Crippen molar-refractivity contribution in [3.63, 3.8) is 0 Å². The summed E-state index contributed by atoms with van der Waals surface area (Å²) in [5, 5.41) is 4.82. The van der Waals surface area contributed by atoms with Gasteiger partial charge in [-0.3, -0.25) is 9.78 Å². The van der Waals surface area contributed by atoms with Crippen LogP contribution in [0, 0.1) is 12.8 Å². The number of anilines is 2. The Morgan fingerprint density at radius 2 is 1.90 bits per heavy atom. The molecule has 1 saturated heterocycles. The first-order valence-electron chi connectivity index (χ1n) is 12.5. The van der Waals surface area contributed by atoms with Gasteiger partial charge in [-0.15, -0.1) is 12.4 Å². The first kappa shape index (κ1) is 28.7. The maximum absolute atomic E-state index is 12.3. The van der Waals surface area contributed by atoms with Crippen molar-refractivity contribution in [2.24, 2.45) is 5.92 Å². The molecule has 0 aliphatic carbocycles. The van der Waals surface area contributed by atoms with Crippen LogP contribution < -0.4 is 10.1 Å². The predicted octanol–water partition coefficient (Wildman–Crippen LogP) is 6.50. The number of ether oxygens (including phenoxy) is 1. The van der Waals surface area contributed by atoms with E-state index in [-0.39, 0.29) is 30.2 Å². The zero-order valence-corrected chi connectivity index (χ0v) is 24.4. The third-order valence-corrected chi connectivity index (χ3v) is 7.75. The lowest BCUT2D eigenvalue weighted by molar-refractivity contribution is -0.135. The molecule has 1 aliphatic rings. The molecular formula is C27H30ClN7O2S2. The third kappa shape index (κ3) is 7.23. The molecule has 0 unspecified atom stereocenters. The maximum Gasteiger partial charge on any atom is 0.225 e. The summed E-state index contributed by atoms with van der Waals surface area (Å²) in [6.45, 7) is 7.27. The fourth-order valence-electron chi connectivity index (χ4n) is 4.15. The molecule has 39 heavy (non-hydrogen) atoms. The summed E-state index contributed by atoms with van der Waals surface area (Å²) < 4.78 is 10.9. The standard InChI is InChI=1S/C27H29N7O2S2.ClH/c1-17(2)26(35)34-13-9-19(10-14-34)24-31-27(38-33-24)32-25-22(36-21-7-6-12-28-18(21)3)15-20(16-30-25)37-23-8-4-5-11-29-23;/h4-8,11-12,15-17,19H,9-10,13-14H2,1-3H3,(H,30,31,32,33);1H. The van der Waals surface area contributed by atoms with E-state index in [1.807, 2.05) is 62.1 Å². The van der Waals surface area contributed by atoms with Crippen molar-refractivity contribution in [1.29, 1.82) is 0 Å². The molecule has 1 aliphatic heterocycles. The van der Waals surface area contributed by atoms with Gasteiger partial charge >= 0.3 is 0 Å². The summed E-state index contributed by atoms with van der Waals surface area (Å²) in [6, 6.07) is 11.4. The van der Waals surface area contributed by atoms with Crippen molar-refractivity contribution >= 4 is 52.6 Å². The van der Waals surface area contributed by atoms with E-state index in [1.165, 1.54) is 23.3 Å². The molecule has 9 nitrogen and oxygen atoms in total. The number of aromatic nitrogens is 5. The maximum atomic E-state index is 12.3. The molecule has 0 spiro atoms. The Kier molecular flexibility index (Phi) is 9.71. The lowest BCUT2D eigenvalue weighted by Gasteiger charge is -2.32. The number of aryl methyl sites for hydroxylation is 1. The lowest BCUT2D eigenvalue weighted by Crippen LogP contribution is -2.40. The van der Waals surface area contributed by atoms with E-state index in [1.54, 1.807) is 18.6 Å². The predicted molar refractivity (Wildman–Crippen MR) is 155 cm³/mol. The number of likely N-dealkylation sites (tertiary alicyclic amines) is 1. The quantitative estimate of drug-likeness (QED) is 0.248. The van der Waals surface area contributed by atoms with Crippen molar-refractivity contribution in [3.8, 4) is 11.5 Å². The monoisotopic (exact) mass is 583 g/mol. The summed E-state index contributed by atoms with van der Waals surface area (Å²) >= 11 is 2.81. The molecule has 204 valence electrons. The Hall–Kier alpha value is -3.28. The minimum Gasteiger partial charge on any atom is -0.452 e. The SMILES string of the molecule is Cc1ncccc1Oc1cc(Sc2ccccn2)cnc1Nc1nc(C2CCN(C(=O)C(C)C)CC2)ns1.Cl. The number of carbonyl (C=O) groups is 1. The molecule has 4 aromatic heterocycles. The number of carbonyl (C=O) groups excluding carboxylic acids is 1. The second-order valence-corrected chi connectivity index (χ2v) is 11.2. The average Bonchev–Trinajstić information content (AvgIpc) is 3.40. The highest BCUT2D eigenvalue weighted by atomic mass is 35.5. The van der Waals surface area contributed by atoms with Crippen LogP contribution in [0.25, 0.3) is 0 Å². The van der Waals surface area contributed by atoms with Crippen molar-refractivity contribution in [2.75, 3.05) is 18.4 Å². The second-order valence-electron chi connectivity index (χ2n) is 9.31. The summed E-state index contributed by atoms with van der Waals surface area (Å²) in [5.74, 6) is 3.02. The number of halogens is 1. The highest BCUT2D eigenvalue weighted by Crippen LogP contribution is 2.37. The fraction of sp³-hybridized carbons (Fsp3) is 0.333. The van der Waals surface area contributed by atoms with Crippen molar-refractivity contribution in [1.82, 2.24) is 29.2 Å². The van der Waals surface area contributed by atoms with Gasteiger partial charge in [0.25, 0.3) is 0 Å². The van der Waals surface area contributed by atoms with Gasteiger partial charge in [0, 0.05) is 66.0 Å². The number of hydrogen-bond acceptors (Lipinski definition) is 10. The molecule has 5 heterocycles. The van der Waals surface area contributed by atoms with E-state index in [0.717, 1.165) is 47.4 Å². The number of rotatable bonds is 8. The first-order chi connectivity index (χ1) is 18.5. The van der Waals surface area contributed by atoms with Crippen LogP contribution in [-0.4, -0.2) is 48.2 Å². The fourth-order valence-corrected chi connectivity index (χ4v) is 5.57. The van der Waals surface area contributed by atoms with Crippen LogP contribution in [0.1, 0.15) is 44.1 Å². The number of hydrogen-bond donors (Lipinski definition) is 1. The minimum absolute atomic E-state index is 0. The van der Waals surface area contributed by atoms with Crippen LogP contribution in [0.4, 0.5) is 10.9 Å². The van der Waals surface area contributed by atoms with Gasteiger partial charge in [0.2, 0.25) is 11.0 Å². The van der Waals surface area contributed by atoms with Crippen molar-refractivity contribution < 1.29 is 9.53 Å². The summed E-state index contributed by atoms with van der Waals surface area (Å²) in [7, 11) is 0. The topological polar surface area (TPSA) is 106 Å². The highest BCUT2D eigenvalue weighted by Gasteiger charge is 2.27. The van der Waals surface area contributed by atoms with E-state index in [4.69, 9.17) is 9.72 Å². The van der Waals surface area contributed by atoms with Crippen LogP contribution in [-0.2, 0) is 4.79 Å². The zero-order chi connectivity index (χ0) is 26.5. The van der Waals surface area contributed by atoms with E-state index < -0.39 is 0 Å². The Balaban J connectivity index is 0.00000353. The number of piperidine rings is 1. The molecule has 0 atom stereocenters. The minimum atomic E-state index is 0. The van der Waals surface area contributed by atoms with E-state index >= 15 is 0 Å². The highest BCUT2D eigenvalue weighted by molar-refractivity contribution is 7.99. The van der Waals surface area contributed by atoms with Crippen molar-refractivity contribution in [3.05, 3.63) is 66.5 Å². The van der Waals surface area contributed by atoms with E-state index in [0.29, 0.717) is 22.4 Å². The first-order valence-corrected chi connectivity index (χ1v) is 14.1. The van der Waals surface area contributed by atoms with Gasteiger partial charge < -0.3 is 15.0 Å². The van der Waals surface area contributed by atoms with Gasteiger partial charge in [0.1, 0.15) is 16.6 Å². The molecule has 0 aromatic carbocycles. The van der Waals surface area contributed by atoms with Gasteiger partial charge in [-0.2, -0.15) is 4.37 Å². The third-order valence-electron chi connectivity index (χ3n) is 6.20. The van der Waals surface area contributed by atoms with Gasteiger partial charge in [-0.1, -0.05) is 31.7 Å². The van der Waals surface area contributed by atoms with Crippen LogP contribution in [0.15, 0.2) is 64.9 Å². The van der Waals surface area contributed by atoms with Gasteiger partial charge in [-0.25, -0.2) is 15.0 Å². The second kappa shape index (κ2) is 13.2. The van der Waals surface area contributed by atoms with E-state index in [9.17, 15) is 4.79 Å². The van der Waals surface area contributed by atoms with Crippen LogP contribution >= 0.6 is 35.7 Å². The van der Waals surface area contributed by atoms with E-state index in [2.05, 4.69) is 24.6 Å². The number of nitrogens with zero attached hydrogens (tertiary/aromatic N) is 6. The summed E-state index contributed by atoms with van der Waals surface area (Å²) in [6.07, 6.45) is 7.01. The normalized spacial score (nSPS) is 13.7. The molecule has 12 heteroatoms. The smallest absolute Gasteiger partial charge is 0.225 e. The molecule has 4 aromatic rings. The van der Waals surface area contributed by atoms with Gasteiger partial charge in [0.05, 0.1) is 5.69 Å². The largest absolute Gasteiger partial charge is 0.452 e. The van der Waals surface area contributed by atoms with Gasteiger partial charge in [-0.05, 0) is 44.0 Å². The summed E-state index contributed by atoms with van der Waals surface area (Å²) in [4.78, 5) is 33.3. The molecule has 1 amide bonds. The Morgan fingerprint density at radius 3 is 2.62 bits per heavy atom. The Labute approximate surface area is 242 Å². The molecule has 0 radical (unpaired) electrons. The molecular weight excluding hydrogens is 554 g/mol. The molecule has 0 saturated carbocycles. The van der Waals surface area contributed by atoms with Crippen LogP contribution in [0.5, 0.6) is 11.5 Å². The Morgan fingerprint density at radius 1 is 1.10 bits per heavy atom. The molecule has 5 rings (SSSR count). The van der Waals surface area contributed by atoms with Crippen LogP contribution in [0.3, 0.4) is 0 Å². The van der Waals surface area contributed by atoms with Crippen molar-refractivity contribution in [2.45, 2.75) is 49.5 Å². The number of amides is 1. The van der Waals surface area contributed by atoms with Gasteiger partial charge in [0.15, 0.2) is 11.6 Å². The zero-order valence-electron chi connectivity index (χ0n) is 21.9. The average molecular weight is 584 g/mol. The summed E-state index contributed by atoms with van der Waals surface area (Å²) in [5.41, 5.74) is 0.779. The molecule has 0 bridgehead atoms. The lowest BCUT2D eigenvalue weighted by atomic mass is 9.95. The molecule has 1 fully saturated rings. The number of nitrogens with one attached hydrogen (secondary N) is 1.